The van der Waals surface area contributed by atoms with E-state index in [4.69, 9.17) is 5.26 Å². The summed E-state index contributed by atoms with van der Waals surface area (Å²) >= 11 is 3.52. The Hall–Kier alpha value is -1.53. The Morgan fingerprint density at radius 1 is 1.33 bits per heavy atom. The van der Waals surface area contributed by atoms with Crippen LogP contribution < -0.4 is 5.32 Å². The molecular formula is C12H9BrN2. The van der Waals surface area contributed by atoms with Crippen molar-refractivity contribution in [3.8, 4) is 6.07 Å². The molecule has 0 radical (unpaired) electrons. The van der Waals surface area contributed by atoms with Crippen LogP contribution in [0.1, 0.15) is 6.92 Å². The second-order valence-corrected chi connectivity index (χ2v) is 4.08. The van der Waals surface area contributed by atoms with Crippen molar-refractivity contribution in [2.75, 3.05) is 0 Å². The highest BCUT2D eigenvalue weighted by molar-refractivity contribution is 9.12. The van der Waals surface area contributed by atoms with Crippen LogP contribution in [0.3, 0.4) is 0 Å². The van der Waals surface area contributed by atoms with Crippen molar-refractivity contribution in [1.29, 1.82) is 5.26 Å². The average molecular weight is 261 g/mol. The Kier molecular flexibility index (Phi) is 2.61. The summed E-state index contributed by atoms with van der Waals surface area (Å²) in [6.07, 6.45) is 9.86. The van der Waals surface area contributed by atoms with Crippen molar-refractivity contribution in [3.63, 3.8) is 0 Å². The minimum atomic E-state index is 0.598. The number of nitriles is 1. The molecule has 0 saturated carbocycles. The first-order chi connectivity index (χ1) is 7.24. The molecule has 2 rings (SSSR count). The Balaban J connectivity index is 2.61. The molecule has 74 valence electrons. The molecule has 3 heteroatoms. The lowest BCUT2D eigenvalue weighted by Crippen LogP contribution is -2.19. The van der Waals surface area contributed by atoms with Gasteiger partial charge in [-0.3, -0.25) is 0 Å². The second-order valence-electron chi connectivity index (χ2n) is 3.29. The predicted octanol–water partition coefficient (Wildman–Crippen LogP) is 3.05. The van der Waals surface area contributed by atoms with Crippen molar-refractivity contribution in [3.05, 3.63) is 57.4 Å². The second kappa shape index (κ2) is 3.92. The maximum Gasteiger partial charge on any atom is 0.122 e. The van der Waals surface area contributed by atoms with Crippen molar-refractivity contribution < 1.29 is 0 Å². The van der Waals surface area contributed by atoms with Gasteiger partial charge in [0.25, 0.3) is 0 Å². The summed E-state index contributed by atoms with van der Waals surface area (Å²) < 4.78 is 0.976. The standard InChI is InChI=1S/C12H9BrN2/c1-8-11(7-14)15-10-6-4-2-3-5-9(10)12(8)13/h2-6,15H,1H3. The van der Waals surface area contributed by atoms with E-state index in [9.17, 15) is 0 Å². The molecule has 0 fully saturated rings. The molecule has 15 heavy (non-hydrogen) atoms. The number of fused-ring (bicyclic) bond motifs is 1. The third-order valence-electron chi connectivity index (χ3n) is 2.35. The molecule has 0 atom stereocenters. The minimum absolute atomic E-state index is 0.598. The molecule has 0 amide bonds. The van der Waals surface area contributed by atoms with Crippen LogP contribution in [0.2, 0.25) is 0 Å². The van der Waals surface area contributed by atoms with Gasteiger partial charge in [-0.25, -0.2) is 0 Å². The number of halogens is 1. The van der Waals surface area contributed by atoms with Crippen LogP contribution in [0.5, 0.6) is 0 Å². The summed E-state index contributed by atoms with van der Waals surface area (Å²) in [7, 11) is 0. The molecular weight excluding hydrogens is 252 g/mol. The van der Waals surface area contributed by atoms with E-state index in [2.05, 4.69) is 27.3 Å². The van der Waals surface area contributed by atoms with Crippen molar-refractivity contribution in [2.45, 2.75) is 6.92 Å². The van der Waals surface area contributed by atoms with Crippen molar-refractivity contribution in [1.82, 2.24) is 5.32 Å². The number of hydrogen-bond donors (Lipinski definition) is 1. The van der Waals surface area contributed by atoms with Crippen LogP contribution in [0.4, 0.5) is 0 Å². The number of dihydropyridines is 1. The summed E-state index contributed by atoms with van der Waals surface area (Å²) in [5.74, 6) is 0. The quantitative estimate of drug-likeness (QED) is 0.727. The van der Waals surface area contributed by atoms with E-state index < -0.39 is 0 Å². The maximum absolute atomic E-state index is 8.96. The molecule has 1 aliphatic heterocycles. The Bertz CT molecular complexity index is 496. The smallest absolute Gasteiger partial charge is 0.122 e. The highest BCUT2D eigenvalue weighted by Crippen LogP contribution is 2.32. The van der Waals surface area contributed by atoms with Gasteiger partial charge >= 0.3 is 0 Å². The maximum atomic E-state index is 8.96. The normalized spacial score (nSPS) is 19.1. The third kappa shape index (κ3) is 1.69. The average Bonchev–Trinajstić information content (AvgIpc) is 2.48. The van der Waals surface area contributed by atoms with Gasteiger partial charge in [0.05, 0.1) is 0 Å². The van der Waals surface area contributed by atoms with Gasteiger partial charge in [0.1, 0.15) is 11.8 Å². The summed E-state index contributed by atoms with van der Waals surface area (Å²) in [5, 5.41) is 12.1. The van der Waals surface area contributed by atoms with E-state index in [0.29, 0.717) is 5.70 Å². The molecule has 0 spiro atoms. The zero-order chi connectivity index (χ0) is 10.8. The Morgan fingerprint density at radius 2 is 2.13 bits per heavy atom. The summed E-state index contributed by atoms with van der Waals surface area (Å²) in [4.78, 5) is 0. The van der Waals surface area contributed by atoms with Gasteiger partial charge in [-0.1, -0.05) is 24.3 Å². The number of rotatable bonds is 0. The van der Waals surface area contributed by atoms with Crippen molar-refractivity contribution in [2.24, 2.45) is 0 Å². The van der Waals surface area contributed by atoms with Gasteiger partial charge in [0.15, 0.2) is 0 Å². The number of nitrogens with zero attached hydrogens (tertiary/aromatic N) is 1. The zero-order valence-corrected chi connectivity index (χ0v) is 9.80. The lowest BCUT2D eigenvalue weighted by atomic mass is 10.0. The molecule has 1 aliphatic carbocycles. The van der Waals surface area contributed by atoms with E-state index in [-0.39, 0.29) is 0 Å². The van der Waals surface area contributed by atoms with Crippen LogP contribution in [0.15, 0.2) is 57.4 Å². The van der Waals surface area contributed by atoms with Gasteiger partial charge in [0, 0.05) is 15.8 Å². The van der Waals surface area contributed by atoms with E-state index in [1.807, 2.05) is 37.3 Å². The van der Waals surface area contributed by atoms with E-state index in [0.717, 1.165) is 21.3 Å². The Labute approximate surface area is 97.1 Å². The molecule has 0 aromatic heterocycles. The summed E-state index contributed by atoms with van der Waals surface area (Å²) in [6.45, 7) is 1.92. The van der Waals surface area contributed by atoms with Crippen LogP contribution >= 0.6 is 15.9 Å². The monoisotopic (exact) mass is 260 g/mol. The van der Waals surface area contributed by atoms with Gasteiger partial charge in [-0.05, 0) is 34.5 Å². The molecule has 1 N–H and O–H groups in total. The number of hydrogen-bond acceptors (Lipinski definition) is 2. The molecule has 2 nitrogen and oxygen atoms in total. The van der Waals surface area contributed by atoms with Gasteiger partial charge in [-0.15, -0.1) is 0 Å². The largest absolute Gasteiger partial charge is 0.346 e. The first-order valence-electron chi connectivity index (χ1n) is 4.57. The van der Waals surface area contributed by atoms with Crippen LogP contribution in [0, 0.1) is 11.3 Å². The third-order valence-corrected chi connectivity index (χ3v) is 3.37. The fourth-order valence-electron chi connectivity index (χ4n) is 1.50. The number of allylic oxidation sites excluding steroid dienone is 8. The van der Waals surface area contributed by atoms with Crippen LogP contribution in [-0.2, 0) is 0 Å². The Morgan fingerprint density at radius 3 is 2.87 bits per heavy atom. The highest BCUT2D eigenvalue weighted by atomic mass is 79.9. The molecule has 2 aliphatic rings. The van der Waals surface area contributed by atoms with Crippen LogP contribution in [-0.4, -0.2) is 0 Å². The minimum Gasteiger partial charge on any atom is -0.346 e. The fraction of sp³-hybridized carbons (Fsp3) is 0.0833. The first-order valence-corrected chi connectivity index (χ1v) is 5.37. The zero-order valence-electron chi connectivity index (χ0n) is 8.21. The molecule has 0 bridgehead atoms. The molecule has 0 unspecified atom stereocenters. The lowest BCUT2D eigenvalue weighted by molar-refractivity contribution is 0.984. The summed E-state index contributed by atoms with van der Waals surface area (Å²) in [5.41, 5.74) is 3.57. The topological polar surface area (TPSA) is 35.8 Å². The fourth-order valence-corrected chi connectivity index (χ4v) is 2.04. The van der Waals surface area contributed by atoms with Crippen molar-refractivity contribution >= 4 is 15.9 Å². The van der Waals surface area contributed by atoms with Gasteiger partial charge in [-0.2, -0.15) is 5.26 Å². The highest BCUT2D eigenvalue weighted by Gasteiger charge is 2.19. The first kappa shape index (κ1) is 10.0. The number of nitrogens with one attached hydrogen (secondary N) is 1. The molecule has 1 heterocycles. The molecule has 0 aromatic carbocycles. The lowest BCUT2D eigenvalue weighted by Gasteiger charge is -2.20. The summed E-state index contributed by atoms with van der Waals surface area (Å²) in [6, 6.07) is 2.15. The van der Waals surface area contributed by atoms with Gasteiger partial charge in [0.2, 0.25) is 0 Å². The SMILES string of the molecule is CC1=C(C#N)NC2=CC=CC=CC2=C1Br. The van der Waals surface area contributed by atoms with E-state index in [1.165, 1.54) is 0 Å². The van der Waals surface area contributed by atoms with E-state index >= 15 is 0 Å². The van der Waals surface area contributed by atoms with Crippen LogP contribution in [0.25, 0.3) is 0 Å². The molecule has 0 saturated heterocycles. The van der Waals surface area contributed by atoms with Gasteiger partial charge < -0.3 is 5.32 Å². The predicted molar refractivity (Wildman–Crippen MR) is 63.8 cm³/mol. The molecule has 0 aromatic rings. The van der Waals surface area contributed by atoms with E-state index in [1.54, 1.807) is 0 Å².